The van der Waals surface area contributed by atoms with Crippen LogP contribution in [-0.2, 0) is 6.54 Å². The van der Waals surface area contributed by atoms with Gasteiger partial charge in [-0.3, -0.25) is 0 Å². The summed E-state index contributed by atoms with van der Waals surface area (Å²) in [6.07, 6.45) is 0. The Hall–Kier alpha value is -1.49. The summed E-state index contributed by atoms with van der Waals surface area (Å²) in [5.41, 5.74) is 0.860. The van der Waals surface area contributed by atoms with E-state index >= 15 is 0 Å². The van der Waals surface area contributed by atoms with Gasteiger partial charge in [0.15, 0.2) is 0 Å². The second kappa shape index (κ2) is 4.79. The van der Waals surface area contributed by atoms with E-state index in [0.29, 0.717) is 6.54 Å². The number of halogens is 2. The Kier molecular flexibility index (Phi) is 3.38. The van der Waals surface area contributed by atoms with Crippen molar-refractivity contribution in [2.75, 3.05) is 5.32 Å². The molecule has 1 N–H and O–H groups in total. The molecule has 0 bridgehead atoms. The number of benzene rings is 1. The summed E-state index contributed by atoms with van der Waals surface area (Å²) < 4.78 is 26.6. The Morgan fingerprint density at radius 1 is 1.24 bits per heavy atom. The highest BCUT2D eigenvalue weighted by atomic mass is 32.1. The topological polar surface area (TPSA) is 24.9 Å². The fraction of sp³-hybridized carbons (Fsp3) is 0.250. The maximum Gasteiger partial charge on any atom is 0.149 e. The minimum atomic E-state index is -0.588. The Morgan fingerprint density at radius 3 is 2.41 bits per heavy atom. The van der Waals surface area contributed by atoms with Gasteiger partial charge in [0, 0.05) is 4.88 Å². The van der Waals surface area contributed by atoms with E-state index in [4.69, 9.17) is 0 Å². The number of nitrogens with one attached hydrogen (secondary N) is 1. The normalized spacial score (nSPS) is 10.6. The van der Waals surface area contributed by atoms with Crippen LogP contribution in [0.4, 0.5) is 14.5 Å². The summed E-state index contributed by atoms with van der Waals surface area (Å²) in [4.78, 5) is 5.42. The standard InChI is InChI=1S/C12H12F2N2S/c1-7-8(2)17-11(16-7)6-15-12-9(13)4-3-5-10(12)14/h3-5,15H,6H2,1-2H3. The molecular formula is C12H12F2N2S. The van der Waals surface area contributed by atoms with Crippen LogP contribution in [0.15, 0.2) is 18.2 Å². The lowest BCUT2D eigenvalue weighted by Gasteiger charge is -2.06. The summed E-state index contributed by atoms with van der Waals surface area (Å²) >= 11 is 1.53. The maximum absolute atomic E-state index is 13.3. The van der Waals surface area contributed by atoms with Crippen molar-refractivity contribution in [3.8, 4) is 0 Å². The van der Waals surface area contributed by atoms with Gasteiger partial charge in [0.05, 0.1) is 12.2 Å². The molecule has 0 amide bonds. The third-order valence-corrected chi connectivity index (χ3v) is 3.52. The van der Waals surface area contributed by atoms with Gasteiger partial charge in [0.1, 0.15) is 22.3 Å². The summed E-state index contributed by atoms with van der Waals surface area (Å²) in [6, 6.07) is 3.79. The van der Waals surface area contributed by atoms with Gasteiger partial charge in [0.25, 0.3) is 0 Å². The van der Waals surface area contributed by atoms with Crippen LogP contribution >= 0.6 is 11.3 Å². The molecule has 0 radical (unpaired) electrons. The molecule has 5 heteroatoms. The van der Waals surface area contributed by atoms with Crippen molar-refractivity contribution in [1.82, 2.24) is 4.98 Å². The third-order valence-electron chi connectivity index (χ3n) is 2.45. The zero-order valence-electron chi connectivity index (χ0n) is 9.55. The molecule has 1 heterocycles. The predicted molar refractivity (Wildman–Crippen MR) is 65.3 cm³/mol. The molecule has 0 aliphatic heterocycles. The molecular weight excluding hydrogens is 242 g/mol. The van der Waals surface area contributed by atoms with Crippen molar-refractivity contribution < 1.29 is 8.78 Å². The first-order chi connectivity index (χ1) is 8.08. The molecule has 0 aliphatic rings. The molecule has 17 heavy (non-hydrogen) atoms. The molecule has 0 unspecified atom stereocenters. The molecule has 2 aromatic rings. The van der Waals surface area contributed by atoms with Crippen LogP contribution in [0.2, 0.25) is 0 Å². The average Bonchev–Trinajstić information content (AvgIpc) is 2.58. The van der Waals surface area contributed by atoms with E-state index in [2.05, 4.69) is 10.3 Å². The van der Waals surface area contributed by atoms with Gasteiger partial charge in [-0.25, -0.2) is 13.8 Å². The summed E-state index contributed by atoms with van der Waals surface area (Å²) in [6.45, 7) is 4.22. The van der Waals surface area contributed by atoms with Gasteiger partial charge in [-0.1, -0.05) is 6.07 Å². The van der Waals surface area contributed by atoms with E-state index < -0.39 is 11.6 Å². The number of nitrogens with zero attached hydrogens (tertiary/aromatic N) is 1. The molecule has 90 valence electrons. The van der Waals surface area contributed by atoms with Gasteiger partial charge >= 0.3 is 0 Å². The minimum absolute atomic E-state index is 0.0991. The van der Waals surface area contributed by atoms with Crippen LogP contribution in [0.5, 0.6) is 0 Å². The number of hydrogen-bond donors (Lipinski definition) is 1. The molecule has 0 saturated carbocycles. The first-order valence-electron chi connectivity index (χ1n) is 5.18. The molecule has 0 atom stereocenters. The zero-order chi connectivity index (χ0) is 12.4. The van der Waals surface area contributed by atoms with Crippen LogP contribution in [0, 0.1) is 25.5 Å². The summed E-state index contributed by atoms with van der Waals surface area (Å²) in [5, 5.41) is 3.56. The number of thiazole rings is 1. The van der Waals surface area contributed by atoms with E-state index in [1.807, 2.05) is 13.8 Å². The molecule has 1 aromatic heterocycles. The first kappa shape index (κ1) is 12.0. The molecule has 1 aromatic carbocycles. The second-order valence-electron chi connectivity index (χ2n) is 3.70. The van der Waals surface area contributed by atoms with Gasteiger partial charge in [-0.15, -0.1) is 11.3 Å². The minimum Gasteiger partial charge on any atom is -0.374 e. The zero-order valence-corrected chi connectivity index (χ0v) is 10.4. The van der Waals surface area contributed by atoms with Crippen molar-refractivity contribution in [3.05, 3.63) is 45.4 Å². The highest BCUT2D eigenvalue weighted by molar-refractivity contribution is 7.11. The lowest BCUT2D eigenvalue weighted by atomic mass is 10.3. The number of aryl methyl sites for hydroxylation is 2. The number of hydrogen-bond acceptors (Lipinski definition) is 3. The third kappa shape index (κ3) is 2.61. The van der Waals surface area contributed by atoms with Crippen LogP contribution in [0.3, 0.4) is 0 Å². The average molecular weight is 254 g/mol. The van der Waals surface area contributed by atoms with Crippen molar-refractivity contribution in [3.63, 3.8) is 0 Å². The molecule has 0 aliphatic carbocycles. The van der Waals surface area contributed by atoms with E-state index in [1.54, 1.807) is 0 Å². The van der Waals surface area contributed by atoms with Gasteiger partial charge in [-0.05, 0) is 26.0 Å². The lowest BCUT2D eigenvalue weighted by Crippen LogP contribution is -2.03. The van der Waals surface area contributed by atoms with Crippen molar-refractivity contribution >= 4 is 17.0 Å². The van der Waals surface area contributed by atoms with E-state index in [1.165, 1.54) is 29.5 Å². The van der Waals surface area contributed by atoms with Gasteiger partial charge in [-0.2, -0.15) is 0 Å². The van der Waals surface area contributed by atoms with E-state index in [-0.39, 0.29) is 5.69 Å². The molecule has 0 fully saturated rings. The number of anilines is 1. The largest absolute Gasteiger partial charge is 0.374 e. The SMILES string of the molecule is Cc1nc(CNc2c(F)cccc2F)sc1C. The number of aromatic nitrogens is 1. The fourth-order valence-corrected chi connectivity index (χ4v) is 2.32. The number of para-hydroxylation sites is 1. The Labute approximate surface area is 102 Å². The first-order valence-corrected chi connectivity index (χ1v) is 6.00. The van der Waals surface area contributed by atoms with Crippen LogP contribution < -0.4 is 5.32 Å². The summed E-state index contributed by atoms with van der Waals surface area (Å²) in [5.74, 6) is -1.18. The smallest absolute Gasteiger partial charge is 0.149 e. The highest BCUT2D eigenvalue weighted by Gasteiger charge is 2.09. The second-order valence-corrected chi connectivity index (χ2v) is 4.99. The van der Waals surface area contributed by atoms with E-state index in [9.17, 15) is 8.78 Å². The number of rotatable bonds is 3. The van der Waals surface area contributed by atoms with Crippen LogP contribution in [0.25, 0.3) is 0 Å². The van der Waals surface area contributed by atoms with Crippen LogP contribution in [0.1, 0.15) is 15.6 Å². The predicted octanol–water partition coefficient (Wildman–Crippen LogP) is 3.65. The van der Waals surface area contributed by atoms with Crippen molar-refractivity contribution in [2.24, 2.45) is 0 Å². The highest BCUT2D eigenvalue weighted by Crippen LogP contribution is 2.21. The molecule has 0 saturated heterocycles. The lowest BCUT2D eigenvalue weighted by molar-refractivity contribution is 0.588. The van der Waals surface area contributed by atoms with Gasteiger partial charge in [0.2, 0.25) is 0 Å². The van der Waals surface area contributed by atoms with Crippen molar-refractivity contribution in [1.29, 1.82) is 0 Å². The maximum atomic E-state index is 13.3. The Bertz CT molecular complexity index is 498. The van der Waals surface area contributed by atoms with Crippen molar-refractivity contribution in [2.45, 2.75) is 20.4 Å². The molecule has 0 spiro atoms. The summed E-state index contributed by atoms with van der Waals surface area (Å²) in [7, 11) is 0. The Morgan fingerprint density at radius 2 is 1.88 bits per heavy atom. The van der Waals surface area contributed by atoms with E-state index in [0.717, 1.165) is 15.6 Å². The Balaban J connectivity index is 2.12. The fourth-order valence-electron chi connectivity index (χ4n) is 1.45. The van der Waals surface area contributed by atoms with Gasteiger partial charge < -0.3 is 5.32 Å². The quantitative estimate of drug-likeness (QED) is 0.904. The monoisotopic (exact) mass is 254 g/mol. The van der Waals surface area contributed by atoms with Crippen LogP contribution in [-0.4, -0.2) is 4.98 Å². The molecule has 2 rings (SSSR count). The molecule has 2 nitrogen and oxygen atoms in total.